The maximum absolute atomic E-state index is 5.85. The Morgan fingerprint density at radius 3 is 2.28 bits per heavy atom. The molecule has 0 aromatic heterocycles. The van der Waals surface area contributed by atoms with Crippen LogP contribution in [0, 0.1) is 0 Å². The zero-order valence-electron chi connectivity index (χ0n) is 11.7. The van der Waals surface area contributed by atoms with Crippen molar-refractivity contribution in [3.8, 4) is 5.75 Å². The Morgan fingerprint density at radius 1 is 1.11 bits per heavy atom. The summed E-state index contributed by atoms with van der Waals surface area (Å²) in [4.78, 5) is 2.10. The largest absolute Gasteiger partial charge is 0.497 e. The summed E-state index contributed by atoms with van der Waals surface area (Å²) >= 11 is 0. The predicted molar refractivity (Wildman–Crippen MR) is 72.1 cm³/mol. The van der Waals surface area contributed by atoms with Gasteiger partial charge in [0.15, 0.2) is 0 Å². The molecule has 0 spiro atoms. The molecule has 4 heteroatoms. The van der Waals surface area contributed by atoms with Crippen molar-refractivity contribution in [3.63, 3.8) is 0 Å². The number of hydrogen-bond donors (Lipinski definition) is 0. The summed E-state index contributed by atoms with van der Waals surface area (Å²) in [5.74, 6) is 0.850. The molecule has 18 heavy (non-hydrogen) atoms. The zero-order chi connectivity index (χ0) is 13.4. The van der Waals surface area contributed by atoms with Gasteiger partial charge in [0.25, 0.3) is 0 Å². The molecule has 0 aliphatic rings. The van der Waals surface area contributed by atoms with E-state index in [0.29, 0.717) is 13.2 Å². The van der Waals surface area contributed by atoms with Crippen LogP contribution in [-0.2, 0) is 9.47 Å². The first-order valence-electron chi connectivity index (χ1n) is 6.06. The Bertz CT molecular complexity index is 324. The van der Waals surface area contributed by atoms with Crippen molar-refractivity contribution in [3.05, 3.63) is 29.8 Å². The molecule has 1 rings (SSSR count). The molecular weight excluding hydrogens is 230 g/mol. The highest BCUT2D eigenvalue weighted by Crippen LogP contribution is 2.20. The Kier molecular flexibility index (Phi) is 6.72. The third-order valence-electron chi connectivity index (χ3n) is 2.66. The van der Waals surface area contributed by atoms with Gasteiger partial charge in [-0.25, -0.2) is 0 Å². The van der Waals surface area contributed by atoms with Crippen LogP contribution in [0.25, 0.3) is 0 Å². The van der Waals surface area contributed by atoms with Crippen LogP contribution in [0.2, 0.25) is 0 Å². The lowest BCUT2D eigenvalue weighted by atomic mass is 10.1. The van der Waals surface area contributed by atoms with Crippen molar-refractivity contribution in [2.24, 2.45) is 0 Å². The monoisotopic (exact) mass is 253 g/mol. The standard InChI is InChI=1S/C14H23NO3/c1-15(2)9-10-18-14(11-16-3)12-5-7-13(17-4)8-6-12/h5-8,14H,9-11H2,1-4H3. The molecule has 1 atom stereocenters. The summed E-state index contributed by atoms with van der Waals surface area (Å²) in [5.41, 5.74) is 1.11. The van der Waals surface area contributed by atoms with E-state index in [-0.39, 0.29) is 6.10 Å². The van der Waals surface area contributed by atoms with E-state index in [9.17, 15) is 0 Å². The van der Waals surface area contributed by atoms with Crippen molar-refractivity contribution in [2.45, 2.75) is 6.10 Å². The summed E-state index contributed by atoms with van der Waals surface area (Å²) in [6.45, 7) is 2.14. The molecule has 102 valence electrons. The molecule has 0 bridgehead atoms. The number of hydrogen-bond acceptors (Lipinski definition) is 4. The maximum atomic E-state index is 5.85. The van der Waals surface area contributed by atoms with Gasteiger partial charge in [-0.05, 0) is 31.8 Å². The van der Waals surface area contributed by atoms with Crippen LogP contribution in [0.1, 0.15) is 11.7 Å². The Morgan fingerprint density at radius 2 is 1.78 bits per heavy atom. The minimum Gasteiger partial charge on any atom is -0.497 e. The Labute approximate surface area is 109 Å². The first-order chi connectivity index (χ1) is 8.67. The summed E-state index contributed by atoms with van der Waals surface area (Å²) in [7, 11) is 7.41. The molecule has 0 radical (unpaired) electrons. The Hall–Kier alpha value is -1.10. The molecule has 1 unspecified atom stereocenters. The van der Waals surface area contributed by atoms with E-state index in [0.717, 1.165) is 17.9 Å². The Balaban J connectivity index is 2.58. The lowest BCUT2D eigenvalue weighted by Gasteiger charge is -2.19. The molecule has 0 fully saturated rings. The van der Waals surface area contributed by atoms with Crippen LogP contribution in [0.3, 0.4) is 0 Å². The van der Waals surface area contributed by atoms with Gasteiger partial charge in [-0.15, -0.1) is 0 Å². The van der Waals surface area contributed by atoms with Gasteiger partial charge in [-0.1, -0.05) is 12.1 Å². The zero-order valence-corrected chi connectivity index (χ0v) is 11.7. The smallest absolute Gasteiger partial charge is 0.118 e. The molecule has 1 aromatic rings. The van der Waals surface area contributed by atoms with Crippen LogP contribution in [-0.4, -0.2) is 53.0 Å². The van der Waals surface area contributed by atoms with Crippen LogP contribution in [0.15, 0.2) is 24.3 Å². The second kappa shape index (κ2) is 8.08. The van der Waals surface area contributed by atoms with E-state index in [4.69, 9.17) is 14.2 Å². The second-order valence-electron chi connectivity index (χ2n) is 4.39. The van der Waals surface area contributed by atoms with Gasteiger partial charge in [0, 0.05) is 13.7 Å². The fraction of sp³-hybridized carbons (Fsp3) is 0.571. The lowest BCUT2D eigenvalue weighted by Crippen LogP contribution is -2.21. The number of ether oxygens (including phenoxy) is 3. The van der Waals surface area contributed by atoms with Gasteiger partial charge in [-0.2, -0.15) is 0 Å². The SMILES string of the molecule is COCC(OCCN(C)C)c1ccc(OC)cc1. The number of nitrogens with zero attached hydrogens (tertiary/aromatic N) is 1. The molecule has 0 saturated carbocycles. The van der Waals surface area contributed by atoms with Crippen molar-refractivity contribution in [1.82, 2.24) is 4.90 Å². The highest BCUT2D eigenvalue weighted by atomic mass is 16.5. The lowest BCUT2D eigenvalue weighted by molar-refractivity contribution is -0.00801. The van der Waals surface area contributed by atoms with E-state index >= 15 is 0 Å². The van der Waals surface area contributed by atoms with Crippen LogP contribution in [0.5, 0.6) is 5.75 Å². The summed E-state index contributed by atoms with van der Waals surface area (Å²) in [6.07, 6.45) is -0.0270. The minimum absolute atomic E-state index is 0.0270. The molecule has 0 heterocycles. The van der Waals surface area contributed by atoms with E-state index in [1.165, 1.54) is 0 Å². The molecule has 0 aliphatic carbocycles. The van der Waals surface area contributed by atoms with Gasteiger partial charge in [0.05, 0.1) is 20.3 Å². The first-order valence-corrected chi connectivity index (χ1v) is 6.06. The highest BCUT2D eigenvalue weighted by Gasteiger charge is 2.12. The molecule has 0 saturated heterocycles. The van der Waals surface area contributed by atoms with Crippen molar-refractivity contribution in [2.75, 3.05) is 48.1 Å². The average molecular weight is 253 g/mol. The first kappa shape index (κ1) is 15.0. The van der Waals surface area contributed by atoms with Gasteiger partial charge < -0.3 is 19.1 Å². The summed E-state index contributed by atoms with van der Waals surface area (Å²) < 4.78 is 16.2. The van der Waals surface area contributed by atoms with Gasteiger partial charge in [0.1, 0.15) is 11.9 Å². The molecule has 0 N–H and O–H groups in total. The second-order valence-corrected chi connectivity index (χ2v) is 4.39. The molecule has 0 amide bonds. The fourth-order valence-electron chi connectivity index (χ4n) is 1.59. The number of methoxy groups -OCH3 is 2. The minimum atomic E-state index is -0.0270. The van der Waals surface area contributed by atoms with Gasteiger partial charge in [-0.3, -0.25) is 0 Å². The van der Waals surface area contributed by atoms with E-state index in [2.05, 4.69) is 4.90 Å². The van der Waals surface area contributed by atoms with E-state index in [1.807, 2.05) is 38.4 Å². The number of likely N-dealkylation sites (N-methyl/N-ethyl adjacent to an activating group) is 1. The van der Waals surface area contributed by atoms with Crippen molar-refractivity contribution in [1.29, 1.82) is 0 Å². The molecule has 1 aromatic carbocycles. The number of rotatable bonds is 8. The summed E-state index contributed by atoms with van der Waals surface area (Å²) in [6, 6.07) is 7.90. The van der Waals surface area contributed by atoms with Crippen LogP contribution >= 0.6 is 0 Å². The number of benzene rings is 1. The third kappa shape index (κ3) is 5.04. The maximum Gasteiger partial charge on any atom is 0.118 e. The normalized spacial score (nSPS) is 12.7. The fourth-order valence-corrected chi connectivity index (χ4v) is 1.59. The van der Waals surface area contributed by atoms with Gasteiger partial charge in [0.2, 0.25) is 0 Å². The summed E-state index contributed by atoms with van der Waals surface area (Å²) in [5, 5.41) is 0. The quantitative estimate of drug-likeness (QED) is 0.708. The average Bonchev–Trinajstić information content (AvgIpc) is 2.37. The molecular formula is C14H23NO3. The predicted octanol–water partition coefficient (Wildman–Crippen LogP) is 1.96. The molecule has 4 nitrogen and oxygen atoms in total. The van der Waals surface area contributed by atoms with Gasteiger partial charge >= 0.3 is 0 Å². The van der Waals surface area contributed by atoms with Crippen LogP contribution < -0.4 is 4.74 Å². The van der Waals surface area contributed by atoms with Crippen molar-refractivity contribution >= 4 is 0 Å². The topological polar surface area (TPSA) is 30.9 Å². The van der Waals surface area contributed by atoms with E-state index in [1.54, 1.807) is 14.2 Å². The third-order valence-corrected chi connectivity index (χ3v) is 2.66. The van der Waals surface area contributed by atoms with Crippen LogP contribution in [0.4, 0.5) is 0 Å². The van der Waals surface area contributed by atoms with E-state index < -0.39 is 0 Å². The highest BCUT2D eigenvalue weighted by molar-refractivity contribution is 5.28. The van der Waals surface area contributed by atoms with Crippen molar-refractivity contribution < 1.29 is 14.2 Å². The molecule has 0 aliphatic heterocycles.